The lowest BCUT2D eigenvalue weighted by molar-refractivity contribution is 0.00291. The van der Waals surface area contributed by atoms with Crippen LogP contribution in [0.5, 0.6) is 0 Å². The summed E-state index contributed by atoms with van der Waals surface area (Å²) in [5, 5.41) is 0.511. The van der Waals surface area contributed by atoms with Crippen LogP contribution in [0.1, 0.15) is 25.3 Å². The van der Waals surface area contributed by atoms with Crippen LogP contribution in [0, 0.1) is 0 Å². The Morgan fingerprint density at radius 3 is 2.56 bits per heavy atom. The molecule has 0 spiro atoms. The highest BCUT2D eigenvalue weighted by atomic mass is 35.5. The second-order valence-electron chi connectivity index (χ2n) is 4.48. The monoisotopic (exact) mass is 239 g/mol. The van der Waals surface area contributed by atoms with Crippen LogP contribution in [-0.2, 0) is 10.3 Å². The summed E-state index contributed by atoms with van der Waals surface area (Å²) in [5.74, 6) is 0. The van der Waals surface area contributed by atoms with Crippen molar-refractivity contribution in [2.75, 3.05) is 0 Å². The van der Waals surface area contributed by atoms with Crippen LogP contribution in [0.4, 0.5) is 4.39 Å². The summed E-state index contributed by atoms with van der Waals surface area (Å²) in [5.41, 5.74) is -1.39. The molecule has 0 saturated heterocycles. The van der Waals surface area contributed by atoms with Gasteiger partial charge in [-0.15, -0.1) is 0 Å². The van der Waals surface area contributed by atoms with Crippen molar-refractivity contribution in [3.05, 3.63) is 34.9 Å². The van der Waals surface area contributed by atoms with E-state index in [-0.39, 0.29) is 12.8 Å². The van der Waals surface area contributed by atoms with Gasteiger partial charge < -0.3 is 0 Å². The molecular formula is C12H11ClFNO. The first-order chi connectivity index (χ1) is 7.49. The minimum Gasteiger partial charge on any atom is -0.244 e. The van der Waals surface area contributed by atoms with Gasteiger partial charge in [0.05, 0.1) is 0 Å². The molecule has 0 amide bonds. The zero-order chi connectivity index (χ0) is 11.8. The highest BCUT2D eigenvalue weighted by Gasteiger charge is 2.54. The maximum atomic E-state index is 13.6. The molecule has 1 saturated carbocycles. The Hall–Kier alpha value is -1.18. The van der Waals surface area contributed by atoms with E-state index in [1.54, 1.807) is 24.3 Å². The van der Waals surface area contributed by atoms with E-state index < -0.39 is 11.2 Å². The third-order valence-corrected chi connectivity index (χ3v) is 3.29. The van der Waals surface area contributed by atoms with Crippen LogP contribution >= 0.6 is 11.6 Å². The van der Waals surface area contributed by atoms with E-state index in [0.29, 0.717) is 10.6 Å². The Balaban J connectivity index is 2.44. The lowest BCUT2D eigenvalue weighted by atomic mass is 9.64. The van der Waals surface area contributed by atoms with Gasteiger partial charge in [-0.1, -0.05) is 29.8 Å². The fourth-order valence-electron chi connectivity index (χ4n) is 2.42. The molecule has 0 unspecified atom stereocenters. The van der Waals surface area contributed by atoms with Gasteiger partial charge in [0, 0.05) is 17.9 Å². The second kappa shape index (κ2) is 3.69. The van der Waals surface area contributed by atoms with Crippen LogP contribution in [0.2, 0.25) is 5.02 Å². The zero-order valence-corrected chi connectivity index (χ0v) is 9.59. The maximum absolute atomic E-state index is 13.6. The predicted molar refractivity (Wildman–Crippen MR) is 60.0 cm³/mol. The van der Waals surface area contributed by atoms with Gasteiger partial charge >= 0.3 is 0 Å². The van der Waals surface area contributed by atoms with Crippen LogP contribution in [0.15, 0.2) is 29.3 Å². The summed E-state index contributed by atoms with van der Waals surface area (Å²) in [6.45, 7) is 1.50. The molecule has 16 heavy (non-hydrogen) atoms. The number of isocyanates is 1. The van der Waals surface area contributed by atoms with Crippen molar-refractivity contribution < 1.29 is 9.18 Å². The summed E-state index contributed by atoms with van der Waals surface area (Å²) >= 11 is 6.04. The number of carbonyl (C=O) groups excluding carboxylic acids is 1. The molecule has 2 nitrogen and oxygen atoms in total. The number of nitrogens with zero attached hydrogens (tertiary/aromatic N) is 1. The van der Waals surface area contributed by atoms with Crippen LogP contribution < -0.4 is 0 Å². The number of alkyl halides is 1. The molecule has 2 rings (SSSR count). The van der Waals surface area contributed by atoms with E-state index >= 15 is 0 Å². The van der Waals surface area contributed by atoms with Gasteiger partial charge in [0.25, 0.3) is 0 Å². The number of aliphatic imine (C=N–C) groups is 1. The van der Waals surface area contributed by atoms with E-state index in [1.165, 1.54) is 13.0 Å². The standard InChI is InChI=1S/C12H11ClFNO/c1-11(14)6-12(7-11,15-8-16)9-4-2-3-5-10(9)13/h2-5H,6-7H2,1H3. The van der Waals surface area contributed by atoms with Crippen LogP contribution in [0.3, 0.4) is 0 Å². The Morgan fingerprint density at radius 2 is 2.06 bits per heavy atom. The average molecular weight is 240 g/mol. The molecule has 4 heteroatoms. The fraction of sp³-hybridized carbons (Fsp3) is 0.417. The zero-order valence-electron chi connectivity index (χ0n) is 8.84. The van der Waals surface area contributed by atoms with E-state index in [1.807, 2.05) is 0 Å². The van der Waals surface area contributed by atoms with Crippen molar-refractivity contribution in [2.24, 2.45) is 4.99 Å². The highest BCUT2D eigenvalue weighted by molar-refractivity contribution is 6.31. The van der Waals surface area contributed by atoms with Crippen molar-refractivity contribution in [3.63, 3.8) is 0 Å². The third kappa shape index (κ3) is 1.77. The Bertz CT molecular complexity index is 458. The van der Waals surface area contributed by atoms with Crippen molar-refractivity contribution in [3.8, 4) is 0 Å². The van der Waals surface area contributed by atoms with Crippen molar-refractivity contribution >= 4 is 17.7 Å². The average Bonchev–Trinajstić information content (AvgIpc) is 2.15. The number of benzene rings is 1. The lowest BCUT2D eigenvalue weighted by Gasteiger charge is -2.46. The third-order valence-electron chi connectivity index (χ3n) is 2.96. The van der Waals surface area contributed by atoms with Crippen LogP contribution in [-0.4, -0.2) is 11.7 Å². The minimum atomic E-state index is -1.28. The number of hydrogen-bond acceptors (Lipinski definition) is 2. The summed E-state index contributed by atoms with van der Waals surface area (Å²) < 4.78 is 13.6. The molecule has 1 aliphatic rings. The normalized spacial score (nSPS) is 32.7. The first-order valence-corrected chi connectivity index (χ1v) is 5.40. The number of halogens is 2. The fourth-order valence-corrected chi connectivity index (χ4v) is 2.74. The molecule has 84 valence electrons. The molecule has 0 aliphatic heterocycles. The molecule has 1 fully saturated rings. The van der Waals surface area contributed by atoms with Crippen molar-refractivity contribution in [1.82, 2.24) is 0 Å². The van der Waals surface area contributed by atoms with Gasteiger partial charge in [-0.2, -0.15) is 4.99 Å². The first kappa shape index (κ1) is 11.3. The molecule has 1 aliphatic carbocycles. The predicted octanol–water partition coefficient (Wildman–Crippen LogP) is 3.39. The van der Waals surface area contributed by atoms with Gasteiger partial charge in [-0.25, -0.2) is 9.18 Å². The molecule has 0 aromatic heterocycles. The van der Waals surface area contributed by atoms with Gasteiger partial charge in [-0.05, 0) is 18.6 Å². The van der Waals surface area contributed by atoms with Crippen molar-refractivity contribution in [2.45, 2.75) is 31.0 Å². The summed E-state index contributed by atoms with van der Waals surface area (Å²) in [7, 11) is 0. The van der Waals surface area contributed by atoms with Gasteiger partial charge in [0.2, 0.25) is 6.08 Å². The van der Waals surface area contributed by atoms with E-state index in [0.717, 1.165) is 0 Å². The SMILES string of the molecule is CC1(F)CC(N=C=O)(c2ccccc2Cl)C1. The van der Waals surface area contributed by atoms with Crippen molar-refractivity contribution in [1.29, 1.82) is 0 Å². The van der Waals surface area contributed by atoms with E-state index in [2.05, 4.69) is 4.99 Å². The van der Waals surface area contributed by atoms with Gasteiger partial charge in [0.1, 0.15) is 11.2 Å². The van der Waals surface area contributed by atoms with Crippen LogP contribution in [0.25, 0.3) is 0 Å². The molecule has 0 bridgehead atoms. The number of rotatable bonds is 2. The van der Waals surface area contributed by atoms with E-state index in [9.17, 15) is 9.18 Å². The summed E-state index contributed by atoms with van der Waals surface area (Å²) in [6, 6.07) is 7.08. The molecular weight excluding hydrogens is 229 g/mol. The molecule has 0 atom stereocenters. The van der Waals surface area contributed by atoms with Gasteiger partial charge in [0.15, 0.2) is 0 Å². The van der Waals surface area contributed by atoms with Gasteiger partial charge in [-0.3, -0.25) is 0 Å². The first-order valence-electron chi connectivity index (χ1n) is 5.02. The topological polar surface area (TPSA) is 29.4 Å². The maximum Gasteiger partial charge on any atom is 0.235 e. The summed E-state index contributed by atoms with van der Waals surface area (Å²) in [6.07, 6.45) is 1.88. The highest BCUT2D eigenvalue weighted by Crippen LogP contribution is 2.54. The minimum absolute atomic E-state index is 0.180. The molecule has 1 aromatic rings. The Labute approximate surface area is 98.1 Å². The van der Waals surface area contributed by atoms with E-state index in [4.69, 9.17) is 11.6 Å². The molecule has 0 radical (unpaired) electrons. The number of hydrogen-bond donors (Lipinski definition) is 0. The summed E-state index contributed by atoms with van der Waals surface area (Å²) in [4.78, 5) is 14.2. The molecule has 0 heterocycles. The Kier molecular flexibility index (Phi) is 2.61. The molecule has 1 aromatic carbocycles. The molecule has 0 N–H and O–H groups in total. The Morgan fingerprint density at radius 1 is 1.44 bits per heavy atom. The quantitative estimate of drug-likeness (QED) is 0.575. The second-order valence-corrected chi connectivity index (χ2v) is 4.89. The lowest BCUT2D eigenvalue weighted by Crippen LogP contribution is -2.49. The largest absolute Gasteiger partial charge is 0.244 e. The smallest absolute Gasteiger partial charge is 0.235 e.